The van der Waals surface area contributed by atoms with Gasteiger partial charge in [0.1, 0.15) is 5.75 Å². The molecule has 0 amide bonds. The van der Waals surface area contributed by atoms with Crippen LogP contribution in [0.4, 0.5) is 0 Å². The zero-order valence-corrected chi connectivity index (χ0v) is 10.4. The highest BCUT2D eigenvalue weighted by Gasteiger charge is 2.09. The summed E-state index contributed by atoms with van der Waals surface area (Å²) in [7, 11) is 1.58. The molecule has 0 aliphatic carbocycles. The summed E-state index contributed by atoms with van der Waals surface area (Å²) in [5, 5.41) is 10.8. The van der Waals surface area contributed by atoms with Crippen LogP contribution >= 0.6 is 0 Å². The molecule has 0 heterocycles. The van der Waals surface area contributed by atoms with Crippen LogP contribution in [0.2, 0.25) is 0 Å². The molecular formula is C15H13NO3. The van der Waals surface area contributed by atoms with Gasteiger partial charge < -0.3 is 4.74 Å². The van der Waals surface area contributed by atoms with Crippen molar-refractivity contribution in [2.45, 2.75) is 0 Å². The molecule has 0 spiro atoms. The van der Waals surface area contributed by atoms with Gasteiger partial charge in [-0.25, -0.2) is 0 Å². The van der Waals surface area contributed by atoms with E-state index in [0.29, 0.717) is 5.57 Å². The highest BCUT2D eigenvalue weighted by molar-refractivity contribution is 5.79. The third kappa shape index (κ3) is 3.19. The Morgan fingerprint density at radius 1 is 1.05 bits per heavy atom. The highest BCUT2D eigenvalue weighted by atomic mass is 16.6. The molecule has 0 aliphatic heterocycles. The lowest BCUT2D eigenvalue weighted by atomic mass is 9.99. The van der Waals surface area contributed by atoms with Crippen molar-refractivity contribution in [1.29, 1.82) is 0 Å². The summed E-state index contributed by atoms with van der Waals surface area (Å²) in [6.45, 7) is 0. The second-order valence-electron chi connectivity index (χ2n) is 3.92. The fraction of sp³-hybridized carbons (Fsp3) is 0.0667. The van der Waals surface area contributed by atoms with Gasteiger partial charge in [-0.2, -0.15) is 0 Å². The van der Waals surface area contributed by atoms with Gasteiger partial charge in [0.05, 0.1) is 17.6 Å². The summed E-state index contributed by atoms with van der Waals surface area (Å²) >= 11 is 0. The molecule has 0 unspecified atom stereocenters. The molecule has 0 bridgehead atoms. The number of benzene rings is 2. The van der Waals surface area contributed by atoms with E-state index < -0.39 is 4.92 Å². The molecule has 0 aliphatic rings. The Balaban J connectivity index is 2.46. The summed E-state index contributed by atoms with van der Waals surface area (Å²) in [4.78, 5) is 10.3. The average molecular weight is 255 g/mol. The Hall–Kier alpha value is -2.62. The Labute approximate surface area is 111 Å². The van der Waals surface area contributed by atoms with Crippen LogP contribution in [0.15, 0.2) is 60.8 Å². The van der Waals surface area contributed by atoms with E-state index in [1.165, 1.54) is 0 Å². The standard InChI is InChI=1S/C15H13NO3/c1-19-14-9-7-13(8-10-14)15(11-16(17)18)12-5-3-2-4-6-12/h2-11H,1H3/b15-11+. The zero-order valence-electron chi connectivity index (χ0n) is 10.4. The quantitative estimate of drug-likeness (QED) is 0.621. The van der Waals surface area contributed by atoms with Crippen LogP contribution in [-0.2, 0) is 0 Å². The SMILES string of the molecule is COc1ccc(/C(=C/[N+](=O)[O-])c2ccccc2)cc1. The fourth-order valence-electron chi connectivity index (χ4n) is 1.81. The first-order valence-corrected chi connectivity index (χ1v) is 5.76. The Bertz CT molecular complexity index is 589. The monoisotopic (exact) mass is 255 g/mol. The van der Waals surface area contributed by atoms with Gasteiger partial charge in [0.15, 0.2) is 0 Å². The van der Waals surface area contributed by atoms with E-state index in [2.05, 4.69) is 0 Å². The number of nitro groups is 1. The summed E-state index contributed by atoms with van der Waals surface area (Å²) in [6.07, 6.45) is 1.02. The van der Waals surface area contributed by atoms with E-state index in [1.807, 2.05) is 30.3 Å². The van der Waals surface area contributed by atoms with Crippen LogP contribution in [0.5, 0.6) is 5.75 Å². The first kappa shape index (κ1) is 12.8. The molecule has 2 rings (SSSR count). The lowest BCUT2D eigenvalue weighted by molar-refractivity contribution is -0.401. The van der Waals surface area contributed by atoms with Gasteiger partial charge in [-0.05, 0) is 23.3 Å². The summed E-state index contributed by atoms with van der Waals surface area (Å²) in [5.74, 6) is 0.720. The molecule has 4 nitrogen and oxygen atoms in total. The van der Waals surface area contributed by atoms with Gasteiger partial charge in [-0.3, -0.25) is 10.1 Å². The Morgan fingerprint density at radius 2 is 1.63 bits per heavy atom. The van der Waals surface area contributed by atoms with Crippen LogP contribution in [-0.4, -0.2) is 12.0 Å². The van der Waals surface area contributed by atoms with Crippen molar-refractivity contribution in [3.05, 3.63) is 82.0 Å². The summed E-state index contributed by atoms with van der Waals surface area (Å²) in [6, 6.07) is 16.5. The van der Waals surface area contributed by atoms with Crippen molar-refractivity contribution < 1.29 is 9.66 Å². The molecule has 0 fully saturated rings. The average Bonchev–Trinajstić information content (AvgIpc) is 2.46. The van der Waals surface area contributed by atoms with E-state index in [4.69, 9.17) is 4.74 Å². The molecule has 19 heavy (non-hydrogen) atoms. The van der Waals surface area contributed by atoms with Crippen LogP contribution in [0.1, 0.15) is 11.1 Å². The minimum Gasteiger partial charge on any atom is -0.497 e. The van der Waals surface area contributed by atoms with Crippen LogP contribution in [0.25, 0.3) is 5.57 Å². The maximum atomic E-state index is 10.8. The van der Waals surface area contributed by atoms with Gasteiger partial charge in [0, 0.05) is 0 Å². The van der Waals surface area contributed by atoms with E-state index in [9.17, 15) is 10.1 Å². The molecule has 2 aromatic rings. The lowest BCUT2D eigenvalue weighted by Gasteiger charge is -2.06. The normalized spacial score (nSPS) is 11.1. The predicted octanol–water partition coefficient (Wildman–Crippen LogP) is 3.36. The minimum atomic E-state index is -0.438. The molecule has 0 radical (unpaired) electrons. The maximum absolute atomic E-state index is 10.8. The van der Waals surface area contributed by atoms with Crippen molar-refractivity contribution in [3.63, 3.8) is 0 Å². The maximum Gasteiger partial charge on any atom is 0.242 e. The molecule has 0 saturated carbocycles. The molecule has 2 aromatic carbocycles. The minimum absolute atomic E-state index is 0.438. The van der Waals surface area contributed by atoms with Gasteiger partial charge in [0.25, 0.3) is 0 Å². The van der Waals surface area contributed by atoms with E-state index in [1.54, 1.807) is 31.4 Å². The first-order chi connectivity index (χ1) is 9.20. The third-order valence-corrected chi connectivity index (χ3v) is 2.72. The molecule has 0 N–H and O–H groups in total. The molecule has 0 aromatic heterocycles. The number of nitrogens with zero attached hydrogens (tertiary/aromatic N) is 1. The Morgan fingerprint density at radius 3 is 2.16 bits per heavy atom. The van der Waals surface area contributed by atoms with E-state index >= 15 is 0 Å². The van der Waals surface area contributed by atoms with Crippen LogP contribution in [0, 0.1) is 10.1 Å². The van der Waals surface area contributed by atoms with Crippen molar-refractivity contribution in [3.8, 4) is 5.75 Å². The second-order valence-corrected chi connectivity index (χ2v) is 3.92. The number of rotatable bonds is 4. The second kappa shape index (κ2) is 5.82. The number of ether oxygens (including phenoxy) is 1. The fourth-order valence-corrected chi connectivity index (χ4v) is 1.81. The largest absolute Gasteiger partial charge is 0.497 e. The molecule has 0 atom stereocenters. The number of hydrogen-bond acceptors (Lipinski definition) is 3. The van der Waals surface area contributed by atoms with Gasteiger partial charge in [-0.1, -0.05) is 42.5 Å². The van der Waals surface area contributed by atoms with E-state index in [-0.39, 0.29) is 0 Å². The topological polar surface area (TPSA) is 52.4 Å². The first-order valence-electron chi connectivity index (χ1n) is 5.76. The molecule has 0 saturated heterocycles. The predicted molar refractivity (Wildman–Crippen MR) is 73.5 cm³/mol. The zero-order chi connectivity index (χ0) is 13.7. The lowest BCUT2D eigenvalue weighted by Crippen LogP contribution is -1.93. The van der Waals surface area contributed by atoms with Crippen molar-refractivity contribution in [2.24, 2.45) is 0 Å². The Kier molecular flexibility index (Phi) is 3.93. The van der Waals surface area contributed by atoms with Crippen molar-refractivity contribution in [2.75, 3.05) is 7.11 Å². The van der Waals surface area contributed by atoms with Crippen LogP contribution in [0.3, 0.4) is 0 Å². The number of hydrogen-bond donors (Lipinski definition) is 0. The van der Waals surface area contributed by atoms with E-state index in [0.717, 1.165) is 23.1 Å². The van der Waals surface area contributed by atoms with Crippen molar-refractivity contribution in [1.82, 2.24) is 0 Å². The van der Waals surface area contributed by atoms with Crippen LogP contribution < -0.4 is 4.74 Å². The van der Waals surface area contributed by atoms with Gasteiger partial charge in [-0.15, -0.1) is 0 Å². The smallest absolute Gasteiger partial charge is 0.242 e. The number of methoxy groups -OCH3 is 1. The van der Waals surface area contributed by atoms with Crippen molar-refractivity contribution >= 4 is 5.57 Å². The molecular weight excluding hydrogens is 242 g/mol. The van der Waals surface area contributed by atoms with Gasteiger partial charge >= 0.3 is 0 Å². The molecule has 4 heteroatoms. The summed E-state index contributed by atoms with van der Waals surface area (Å²) in [5.41, 5.74) is 2.17. The third-order valence-electron chi connectivity index (χ3n) is 2.72. The highest BCUT2D eigenvalue weighted by Crippen LogP contribution is 2.25. The summed E-state index contributed by atoms with van der Waals surface area (Å²) < 4.78 is 5.08. The molecule has 96 valence electrons. The van der Waals surface area contributed by atoms with Gasteiger partial charge in [0.2, 0.25) is 6.20 Å².